The number of nitrogens with one attached hydrogen (secondary N) is 6. The Morgan fingerprint density at radius 3 is 2.28 bits per heavy atom. The number of aliphatic carboxylic acids is 2. The van der Waals surface area contributed by atoms with Gasteiger partial charge in [-0.2, -0.15) is 17.6 Å². The summed E-state index contributed by atoms with van der Waals surface area (Å²) in [5, 5.41) is 31.3. The first-order chi connectivity index (χ1) is 23.7. The van der Waals surface area contributed by atoms with Crippen molar-refractivity contribution in [2.45, 2.75) is 50.5 Å². The number of nitrogens with zero attached hydrogens (tertiary/aromatic N) is 3. The van der Waals surface area contributed by atoms with E-state index in [1.165, 1.54) is 25.3 Å². The Labute approximate surface area is 289 Å². The highest BCUT2D eigenvalue weighted by Gasteiger charge is 2.25. The molecule has 3 amide bonds. The van der Waals surface area contributed by atoms with E-state index in [1.54, 1.807) is 12.1 Å². The molecule has 0 bridgehead atoms. The summed E-state index contributed by atoms with van der Waals surface area (Å²) < 4.78 is 0. The monoisotopic (exact) mass is 715 g/mol. The quantitative estimate of drug-likeness (QED) is 0.0565. The summed E-state index contributed by atoms with van der Waals surface area (Å²) in [6.07, 6.45) is 1.01. The Hall–Kier alpha value is -5.67. The molecule has 3 aromatic rings. The molecule has 0 aliphatic rings. The van der Waals surface area contributed by atoms with Gasteiger partial charge in [0.25, 0.3) is 11.5 Å². The third kappa shape index (κ3) is 11.5. The fourth-order valence-corrected chi connectivity index (χ4v) is 4.46. The van der Waals surface area contributed by atoms with E-state index < -0.39 is 65.2 Å². The molecule has 0 spiro atoms. The first-order valence-corrected chi connectivity index (χ1v) is 15.6. The number of nitrogen functional groups attached to an aromatic ring is 1. The number of hydrogen-bond acceptors (Lipinski definition) is 15. The van der Waals surface area contributed by atoms with Gasteiger partial charge in [-0.3, -0.25) is 29.0 Å². The highest BCUT2D eigenvalue weighted by molar-refractivity contribution is 7.80. The van der Waals surface area contributed by atoms with E-state index in [-0.39, 0.29) is 60.9 Å². The van der Waals surface area contributed by atoms with Crippen LogP contribution in [0.1, 0.15) is 35.8 Å². The fourth-order valence-electron chi connectivity index (χ4n) is 4.21. The number of nitrogens with two attached hydrogens (primary N) is 2. The number of benzene rings is 1. The molecule has 0 radical (unpaired) electrons. The molecule has 0 fully saturated rings. The lowest BCUT2D eigenvalue weighted by molar-refractivity contribution is -0.141. The van der Waals surface area contributed by atoms with Crippen LogP contribution in [0.25, 0.3) is 11.2 Å². The number of amides is 3. The van der Waals surface area contributed by atoms with Crippen LogP contribution in [0.2, 0.25) is 0 Å². The van der Waals surface area contributed by atoms with E-state index in [4.69, 9.17) is 16.6 Å². The number of thiol groups is 1. The summed E-state index contributed by atoms with van der Waals surface area (Å²) >= 11 is 3.85. The Balaban J connectivity index is 1.41. The second-order valence-electron chi connectivity index (χ2n) is 10.9. The van der Waals surface area contributed by atoms with Crippen molar-refractivity contribution in [2.24, 2.45) is 5.73 Å². The van der Waals surface area contributed by atoms with Crippen molar-refractivity contribution in [1.29, 1.82) is 0 Å². The third-order valence-electron chi connectivity index (χ3n) is 6.99. The Kier molecular flexibility index (Phi) is 14.1. The lowest BCUT2D eigenvalue weighted by atomic mass is 10.1. The molecule has 0 saturated heterocycles. The van der Waals surface area contributed by atoms with Crippen LogP contribution in [-0.2, 0) is 30.5 Å². The highest BCUT2D eigenvalue weighted by Crippen LogP contribution is 2.12. The number of Topliss-reactive ketones (excluding diaryl/α,β-unsaturated/α-hetero) is 1. The summed E-state index contributed by atoms with van der Waals surface area (Å²) in [5.41, 5.74) is 12.1. The van der Waals surface area contributed by atoms with E-state index in [2.05, 4.69) is 59.1 Å². The number of aromatic amines is 1. The molecule has 12 N–H and O–H groups in total. The van der Waals surface area contributed by atoms with Gasteiger partial charge in [-0.1, -0.05) is 0 Å². The molecule has 2 aromatic heterocycles. The van der Waals surface area contributed by atoms with Crippen LogP contribution in [0.15, 0.2) is 35.3 Å². The van der Waals surface area contributed by atoms with Gasteiger partial charge in [0.2, 0.25) is 17.8 Å². The number of fused-ring (bicyclic) bond motifs is 1. The number of carbonyl (C=O) groups is 6. The molecule has 20 nitrogen and oxygen atoms in total. The van der Waals surface area contributed by atoms with Gasteiger partial charge in [-0.25, -0.2) is 19.6 Å². The van der Waals surface area contributed by atoms with E-state index in [9.17, 15) is 38.7 Å². The zero-order valence-electron chi connectivity index (χ0n) is 26.6. The van der Waals surface area contributed by atoms with Gasteiger partial charge in [-0.15, -0.1) is 0 Å². The molecule has 0 saturated carbocycles. The van der Waals surface area contributed by atoms with Gasteiger partial charge in [0.1, 0.15) is 23.9 Å². The Bertz CT molecular complexity index is 1790. The average molecular weight is 716 g/mol. The zero-order chi connectivity index (χ0) is 37.0. The predicted molar refractivity (Wildman–Crippen MR) is 181 cm³/mol. The van der Waals surface area contributed by atoms with Crippen LogP contribution in [0.5, 0.6) is 0 Å². The number of carboxylic acid groups (broad SMARTS) is 2. The van der Waals surface area contributed by atoms with E-state index in [0.29, 0.717) is 11.4 Å². The van der Waals surface area contributed by atoms with Crippen LogP contribution in [0, 0.1) is 0 Å². The lowest BCUT2D eigenvalue weighted by Gasteiger charge is -2.19. The minimum atomic E-state index is -1.37. The summed E-state index contributed by atoms with van der Waals surface area (Å²) in [6, 6.07) is 1.24. The number of rotatable bonds is 19. The number of ketones is 1. The second-order valence-corrected chi connectivity index (χ2v) is 11.3. The maximum absolute atomic E-state index is 12.7. The van der Waals surface area contributed by atoms with Crippen molar-refractivity contribution >= 4 is 70.9 Å². The number of carboxylic acids is 2. The van der Waals surface area contributed by atoms with Crippen molar-refractivity contribution in [3.8, 4) is 0 Å². The topological polar surface area (TPSA) is 327 Å². The number of carbonyl (C=O) groups excluding carboxylic acids is 4. The molecular formula is C29H37N11O9S. The highest BCUT2D eigenvalue weighted by atomic mass is 32.1. The largest absolute Gasteiger partial charge is 0.480 e. The van der Waals surface area contributed by atoms with Crippen LogP contribution in [-0.4, -0.2) is 109 Å². The van der Waals surface area contributed by atoms with Gasteiger partial charge in [0, 0.05) is 30.0 Å². The van der Waals surface area contributed by atoms with Crippen LogP contribution >= 0.6 is 12.6 Å². The standard InChI is InChI=1S/C29H37N11O9S/c1-13(23(42)38-20(12-50)28(48)49)35-25(44)18(30)11-32-10-17(41)6-7-19(27(46)47)37-24(43)14-2-4-15(5-3-14)33-8-16-9-34-22-21(36-16)26(45)40-29(31)39-22/h2-5,9,13,18-20,32-33,50H,6-8,10-12,30H2,1H3,(H,35,44)(H,37,43)(H,38,42)(H,46,47)(H,48,49)(H3,31,34,39,40,45). The number of anilines is 2. The van der Waals surface area contributed by atoms with Crippen LogP contribution in [0.4, 0.5) is 11.6 Å². The van der Waals surface area contributed by atoms with Gasteiger partial charge in [0.15, 0.2) is 11.2 Å². The van der Waals surface area contributed by atoms with Gasteiger partial charge in [-0.05, 0) is 37.6 Å². The maximum atomic E-state index is 12.7. The molecule has 21 heteroatoms. The van der Waals surface area contributed by atoms with Crippen molar-refractivity contribution < 1.29 is 39.0 Å². The molecular weight excluding hydrogens is 678 g/mol. The van der Waals surface area contributed by atoms with Crippen molar-refractivity contribution in [3.63, 3.8) is 0 Å². The summed E-state index contributed by atoms with van der Waals surface area (Å²) in [7, 11) is 0. The number of hydrogen-bond donors (Lipinski definition) is 11. The molecule has 0 aliphatic carbocycles. The first-order valence-electron chi connectivity index (χ1n) is 15.0. The van der Waals surface area contributed by atoms with E-state index in [0.717, 1.165) is 0 Å². The molecule has 3 rings (SSSR count). The minimum Gasteiger partial charge on any atom is -0.480 e. The van der Waals surface area contributed by atoms with Crippen molar-refractivity contribution in [3.05, 3.63) is 52.1 Å². The zero-order valence-corrected chi connectivity index (χ0v) is 27.5. The molecule has 268 valence electrons. The number of aromatic nitrogens is 4. The number of H-pyrrole nitrogens is 1. The van der Waals surface area contributed by atoms with E-state index in [1.807, 2.05) is 0 Å². The smallest absolute Gasteiger partial charge is 0.327 e. The van der Waals surface area contributed by atoms with Crippen molar-refractivity contribution in [2.75, 3.05) is 29.9 Å². The third-order valence-corrected chi connectivity index (χ3v) is 7.36. The summed E-state index contributed by atoms with van der Waals surface area (Å²) in [6.45, 7) is 1.12. The lowest BCUT2D eigenvalue weighted by Crippen LogP contribution is -2.55. The predicted octanol–water partition coefficient (Wildman–Crippen LogP) is -2.64. The molecule has 1 aromatic carbocycles. The maximum Gasteiger partial charge on any atom is 0.327 e. The minimum absolute atomic E-state index is 0.0279. The van der Waals surface area contributed by atoms with E-state index >= 15 is 0 Å². The summed E-state index contributed by atoms with van der Waals surface area (Å²) in [4.78, 5) is 99.0. The SMILES string of the molecule is CC(NC(=O)C(N)CNCC(=O)CCC(NC(=O)c1ccc(NCc2cnc3nc(N)[nH]c(=O)c3n2)cc1)C(=O)O)C(=O)NC(CS)C(=O)O. The Morgan fingerprint density at radius 2 is 1.64 bits per heavy atom. The molecule has 0 aliphatic heterocycles. The van der Waals surface area contributed by atoms with Gasteiger partial charge < -0.3 is 48.3 Å². The fraction of sp³-hybridized carbons (Fsp3) is 0.379. The van der Waals surface area contributed by atoms with Crippen molar-refractivity contribution in [1.82, 2.24) is 41.2 Å². The second kappa shape index (κ2) is 18.2. The summed E-state index contributed by atoms with van der Waals surface area (Å²) in [5.74, 6) is -5.43. The molecule has 2 heterocycles. The first kappa shape index (κ1) is 38.8. The molecule has 4 unspecified atom stereocenters. The van der Waals surface area contributed by atoms with Gasteiger partial charge in [0.05, 0.1) is 31.0 Å². The average Bonchev–Trinajstić information content (AvgIpc) is 3.07. The van der Waals surface area contributed by atoms with Gasteiger partial charge >= 0.3 is 11.9 Å². The Morgan fingerprint density at radius 1 is 0.960 bits per heavy atom. The van der Waals surface area contributed by atoms with Crippen LogP contribution < -0.4 is 43.6 Å². The van der Waals surface area contributed by atoms with Crippen LogP contribution in [0.3, 0.4) is 0 Å². The molecule has 50 heavy (non-hydrogen) atoms. The molecule has 4 atom stereocenters. The normalized spacial score (nSPS) is 13.3.